The molecule has 5 rings (SSSR count). The lowest BCUT2D eigenvalue weighted by atomic mass is 9.98. The first-order chi connectivity index (χ1) is 17.2. The topological polar surface area (TPSA) is 60.3 Å². The Morgan fingerprint density at radius 1 is 1.00 bits per heavy atom. The molecule has 6 nitrogen and oxygen atoms in total. The molecule has 11 heteroatoms. The molecule has 1 aliphatic heterocycles. The van der Waals surface area contributed by atoms with Crippen LogP contribution in [0, 0.1) is 5.82 Å². The van der Waals surface area contributed by atoms with Crippen molar-refractivity contribution in [2.45, 2.75) is 24.9 Å². The second kappa shape index (κ2) is 9.27. The van der Waals surface area contributed by atoms with Gasteiger partial charge in [0.15, 0.2) is 0 Å². The molecule has 0 saturated carbocycles. The average molecular weight is 517 g/mol. The summed E-state index contributed by atoms with van der Waals surface area (Å²) < 4.78 is 61.0. The Hall–Kier alpha value is -3.92. The Morgan fingerprint density at radius 2 is 1.75 bits per heavy atom. The van der Waals surface area contributed by atoms with Crippen LogP contribution >= 0.6 is 11.6 Å². The van der Waals surface area contributed by atoms with Crippen molar-refractivity contribution in [1.29, 1.82) is 0 Å². The van der Waals surface area contributed by atoms with Crippen LogP contribution in [0.3, 0.4) is 0 Å². The van der Waals surface area contributed by atoms with Crippen molar-refractivity contribution in [2.24, 2.45) is 0 Å². The highest BCUT2D eigenvalue weighted by Gasteiger charge is 2.45. The number of cyclic esters (lactones) is 1. The van der Waals surface area contributed by atoms with Gasteiger partial charge in [0, 0.05) is 16.3 Å². The van der Waals surface area contributed by atoms with Gasteiger partial charge in [0.2, 0.25) is 0 Å². The largest absolute Gasteiger partial charge is 0.441 e. The molecule has 0 bridgehead atoms. The molecule has 36 heavy (non-hydrogen) atoms. The highest BCUT2D eigenvalue weighted by molar-refractivity contribution is 6.30. The number of benzene rings is 3. The first-order valence-corrected chi connectivity index (χ1v) is 11.2. The van der Waals surface area contributed by atoms with Gasteiger partial charge >= 0.3 is 12.3 Å². The number of rotatable bonds is 5. The number of alkyl halides is 3. The molecule has 1 saturated heterocycles. The Kier molecular flexibility index (Phi) is 6.13. The molecule has 1 aliphatic rings. The van der Waals surface area contributed by atoms with Gasteiger partial charge in [-0.1, -0.05) is 41.1 Å². The van der Waals surface area contributed by atoms with Gasteiger partial charge in [0.05, 0.1) is 18.3 Å². The first kappa shape index (κ1) is 23.8. The summed E-state index contributed by atoms with van der Waals surface area (Å²) in [4.78, 5) is 14.2. The number of nitrogens with zero attached hydrogens (tertiary/aromatic N) is 4. The van der Waals surface area contributed by atoms with Gasteiger partial charge in [-0.2, -0.15) is 13.2 Å². The van der Waals surface area contributed by atoms with Gasteiger partial charge < -0.3 is 4.74 Å². The average Bonchev–Trinajstić information content (AvgIpc) is 3.43. The van der Waals surface area contributed by atoms with Gasteiger partial charge in [-0.3, -0.25) is 4.90 Å². The summed E-state index contributed by atoms with van der Waals surface area (Å²) in [5, 5.41) is 8.53. The molecular formula is C25H17ClF4N4O2. The van der Waals surface area contributed by atoms with Crippen molar-refractivity contribution in [2.75, 3.05) is 4.90 Å². The minimum Gasteiger partial charge on any atom is -0.441 e. The van der Waals surface area contributed by atoms with E-state index >= 15 is 0 Å². The van der Waals surface area contributed by atoms with E-state index in [4.69, 9.17) is 16.3 Å². The molecule has 0 radical (unpaired) electrons. The summed E-state index contributed by atoms with van der Waals surface area (Å²) in [7, 11) is 0. The van der Waals surface area contributed by atoms with Crippen molar-refractivity contribution in [3.63, 3.8) is 0 Å². The normalized spacial score (nSPS) is 17.9. The summed E-state index contributed by atoms with van der Waals surface area (Å²) in [5.74, 6) is -0.435. The summed E-state index contributed by atoms with van der Waals surface area (Å²) >= 11 is 5.98. The number of halogens is 5. The van der Waals surface area contributed by atoms with E-state index in [2.05, 4.69) is 10.3 Å². The number of anilines is 1. The lowest BCUT2D eigenvalue weighted by Crippen LogP contribution is -2.31. The lowest BCUT2D eigenvalue weighted by molar-refractivity contribution is -0.137. The smallest absolute Gasteiger partial charge is 0.416 e. The molecular weight excluding hydrogens is 500 g/mol. The van der Waals surface area contributed by atoms with E-state index in [0.717, 1.165) is 12.1 Å². The van der Waals surface area contributed by atoms with E-state index in [0.29, 0.717) is 22.0 Å². The van der Waals surface area contributed by atoms with Crippen molar-refractivity contribution in [1.82, 2.24) is 15.0 Å². The van der Waals surface area contributed by atoms with E-state index in [1.807, 2.05) is 0 Å². The van der Waals surface area contributed by atoms with Crippen LogP contribution in [0.25, 0.3) is 11.3 Å². The van der Waals surface area contributed by atoms with E-state index in [1.165, 1.54) is 39.9 Å². The maximum atomic E-state index is 13.6. The van der Waals surface area contributed by atoms with Crippen LogP contribution < -0.4 is 4.90 Å². The van der Waals surface area contributed by atoms with Crippen molar-refractivity contribution in [3.05, 3.63) is 101 Å². The quantitative estimate of drug-likeness (QED) is 0.283. The SMILES string of the molecule is O=C1O[C@@H](Cn2cc(-c3cccc(F)c3)nn2)[C@H](c2cccc(C(F)(F)F)c2)N1c1ccc(Cl)cc1. The van der Waals surface area contributed by atoms with E-state index < -0.39 is 35.8 Å². The summed E-state index contributed by atoms with van der Waals surface area (Å²) in [6, 6.07) is 16.0. The lowest BCUT2D eigenvalue weighted by Gasteiger charge is -2.25. The number of hydrogen-bond acceptors (Lipinski definition) is 4. The second-order valence-electron chi connectivity index (χ2n) is 8.17. The zero-order valence-electron chi connectivity index (χ0n) is 18.4. The van der Waals surface area contributed by atoms with Crippen LogP contribution in [0.1, 0.15) is 17.2 Å². The monoisotopic (exact) mass is 516 g/mol. The molecule has 2 heterocycles. The molecule has 0 unspecified atom stereocenters. The van der Waals surface area contributed by atoms with Crippen LogP contribution in [0.2, 0.25) is 5.02 Å². The number of carbonyl (C=O) groups is 1. The molecule has 3 aromatic carbocycles. The number of aromatic nitrogens is 3. The predicted molar refractivity (Wildman–Crippen MR) is 124 cm³/mol. The van der Waals surface area contributed by atoms with Gasteiger partial charge in [-0.15, -0.1) is 5.10 Å². The third kappa shape index (κ3) is 4.76. The molecule has 1 fully saturated rings. The Balaban J connectivity index is 1.51. The molecule has 1 aromatic heterocycles. The molecule has 2 atom stereocenters. The molecule has 0 aliphatic carbocycles. The standard InChI is InChI=1S/C25H17ClF4N4O2/c26-18-7-9-20(10-8-18)34-23(16-4-1-5-17(11-16)25(28,29)30)22(36-24(34)35)14-33-13-21(31-32-33)15-3-2-6-19(27)12-15/h1-13,22-23H,14H2/t22-,23-/m0/s1. The Labute approximate surface area is 207 Å². The maximum absolute atomic E-state index is 13.6. The molecule has 0 spiro atoms. The third-order valence-electron chi connectivity index (χ3n) is 5.77. The highest BCUT2D eigenvalue weighted by Crippen LogP contribution is 2.40. The molecule has 4 aromatic rings. The minimum atomic E-state index is -4.56. The van der Waals surface area contributed by atoms with E-state index in [1.54, 1.807) is 36.5 Å². The predicted octanol–water partition coefficient (Wildman–Crippen LogP) is 6.52. The summed E-state index contributed by atoms with van der Waals surface area (Å²) in [5.41, 5.74) is 0.698. The summed E-state index contributed by atoms with van der Waals surface area (Å²) in [6.45, 7) is -0.000935. The Morgan fingerprint density at radius 3 is 2.47 bits per heavy atom. The van der Waals surface area contributed by atoms with Crippen LogP contribution in [-0.4, -0.2) is 27.2 Å². The highest BCUT2D eigenvalue weighted by atomic mass is 35.5. The maximum Gasteiger partial charge on any atom is 0.416 e. The number of carbonyl (C=O) groups excluding carboxylic acids is 1. The number of amides is 1. The van der Waals surface area contributed by atoms with Crippen LogP contribution in [0.4, 0.5) is 28.0 Å². The van der Waals surface area contributed by atoms with Gasteiger partial charge in [-0.05, 0) is 54.1 Å². The van der Waals surface area contributed by atoms with Crippen LogP contribution in [0.5, 0.6) is 0 Å². The third-order valence-corrected chi connectivity index (χ3v) is 6.02. The van der Waals surface area contributed by atoms with Gasteiger partial charge in [-0.25, -0.2) is 13.9 Å². The van der Waals surface area contributed by atoms with Crippen LogP contribution in [0.15, 0.2) is 79.0 Å². The summed E-state index contributed by atoms with van der Waals surface area (Å²) in [6.07, 6.45) is -4.64. The van der Waals surface area contributed by atoms with Gasteiger partial charge in [0.25, 0.3) is 0 Å². The van der Waals surface area contributed by atoms with E-state index in [9.17, 15) is 22.4 Å². The Bertz CT molecular complexity index is 1410. The molecule has 0 N–H and O–H groups in total. The fourth-order valence-electron chi connectivity index (χ4n) is 4.15. The van der Waals surface area contributed by atoms with Crippen molar-refractivity contribution < 1.29 is 27.1 Å². The van der Waals surface area contributed by atoms with Crippen molar-refractivity contribution in [3.8, 4) is 11.3 Å². The first-order valence-electron chi connectivity index (χ1n) is 10.8. The minimum absolute atomic E-state index is 0.000935. The molecule has 1 amide bonds. The number of ether oxygens (including phenoxy) is 1. The molecule has 184 valence electrons. The zero-order chi connectivity index (χ0) is 25.4. The van der Waals surface area contributed by atoms with Gasteiger partial charge in [0.1, 0.15) is 23.7 Å². The fourth-order valence-corrected chi connectivity index (χ4v) is 4.28. The second-order valence-corrected chi connectivity index (χ2v) is 8.61. The zero-order valence-corrected chi connectivity index (χ0v) is 19.1. The van der Waals surface area contributed by atoms with Crippen LogP contribution in [-0.2, 0) is 17.5 Å². The fraction of sp³-hybridized carbons (Fsp3) is 0.160. The number of hydrogen-bond donors (Lipinski definition) is 0. The van der Waals surface area contributed by atoms with E-state index in [-0.39, 0.29) is 12.1 Å². The van der Waals surface area contributed by atoms with Crippen molar-refractivity contribution >= 4 is 23.4 Å².